The Morgan fingerprint density at radius 1 is 0.602 bits per heavy atom. The molecule has 0 saturated carbocycles. The number of piperidine rings is 1. The Hall–Kier alpha value is -9.22. The van der Waals surface area contributed by atoms with E-state index in [0.29, 0.717) is 124 Å². The number of carboxylic acids is 2. The second-order valence-corrected chi connectivity index (χ2v) is 28.8. The van der Waals surface area contributed by atoms with E-state index < -0.39 is 23.6 Å². The lowest BCUT2D eigenvalue weighted by Crippen LogP contribution is -2.38. The van der Waals surface area contributed by atoms with E-state index >= 15 is 0 Å². The van der Waals surface area contributed by atoms with E-state index in [9.17, 15) is 38.2 Å². The third kappa shape index (κ3) is 16.8. The average Bonchev–Trinajstić information content (AvgIpc) is 1.35. The molecule has 0 bridgehead atoms. The minimum Gasteiger partial charge on any atom is -0.491 e. The SMILES string of the molecule is CC(C)OC1CCN(CC#Cc2ccc(OCCCc3sc(N4CCc5cccc(C(=O)Nc6nc7ccccc7s6)c5C4)nc3C(=O)O)c(F)c2)CC1.CC(C)c1ccc(OCCCc2sc(N3CCc4cccc(C(=O)Nc5nc6ccccc6s5)c4C3)nc2C(=O)O)c(F)c1. The zero-order valence-electron chi connectivity index (χ0n) is 54.6. The maximum Gasteiger partial charge on any atom is 0.355 e. The first-order valence-electron chi connectivity index (χ1n) is 32.7. The van der Waals surface area contributed by atoms with E-state index in [0.717, 1.165) is 74.2 Å². The number of nitrogens with one attached hydrogen (secondary N) is 2. The van der Waals surface area contributed by atoms with E-state index in [1.165, 1.54) is 57.5 Å². The van der Waals surface area contributed by atoms with Crippen LogP contribution in [-0.2, 0) is 43.5 Å². The molecule has 0 radical (unpaired) electrons. The number of nitrogens with zero attached hydrogens (tertiary/aromatic N) is 7. The molecular weight excluding hydrogens is 1330 g/mol. The molecule has 98 heavy (non-hydrogen) atoms. The number of anilines is 4. The summed E-state index contributed by atoms with van der Waals surface area (Å²) in [5.41, 5.74) is 8.23. The van der Waals surface area contributed by atoms with Gasteiger partial charge in [0.15, 0.2) is 55.0 Å². The predicted octanol–water partition coefficient (Wildman–Crippen LogP) is 15.2. The first kappa shape index (κ1) is 68.7. The number of likely N-dealkylation sites (tertiary alicyclic amines) is 1. The number of para-hydroxylation sites is 2. The lowest BCUT2D eigenvalue weighted by molar-refractivity contribution is -0.0249. The van der Waals surface area contributed by atoms with Crippen molar-refractivity contribution in [2.24, 2.45) is 0 Å². The molecule has 24 heteroatoms. The largest absolute Gasteiger partial charge is 0.491 e. The third-order valence-corrected chi connectivity index (χ3v) is 21.3. The number of carbonyl (C=O) groups excluding carboxylic acids is 2. The minimum atomic E-state index is -1.10. The van der Waals surface area contributed by atoms with Gasteiger partial charge in [0.1, 0.15) is 0 Å². The number of carboxylic acid groups (broad SMARTS) is 2. The fourth-order valence-electron chi connectivity index (χ4n) is 12.1. The van der Waals surface area contributed by atoms with E-state index in [1.807, 2.05) is 103 Å². The number of fused-ring (bicyclic) bond motifs is 4. The van der Waals surface area contributed by atoms with Crippen LogP contribution in [0.4, 0.5) is 29.3 Å². The topological polar surface area (TPSA) is 222 Å². The number of ether oxygens (including phenoxy) is 3. The van der Waals surface area contributed by atoms with E-state index in [1.54, 1.807) is 30.3 Å². The second-order valence-electron chi connectivity index (χ2n) is 24.6. The van der Waals surface area contributed by atoms with Gasteiger partial charge in [-0.3, -0.25) is 25.1 Å². The Bertz CT molecular complexity index is 4560. The molecule has 4 N–H and O–H groups in total. The molecule has 3 aliphatic heterocycles. The summed E-state index contributed by atoms with van der Waals surface area (Å²) >= 11 is 5.52. The molecular formula is C74H73F2N9O9S4. The minimum absolute atomic E-state index is 0.00466. The first-order chi connectivity index (χ1) is 47.5. The van der Waals surface area contributed by atoms with Crippen molar-refractivity contribution in [1.82, 2.24) is 24.8 Å². The number of benzene rings is 6. The number of rotatable bonds is 22. The third-order valence-electron chi connectivity index (χ3n) is 17.1. The monoisotopic (exact) mass is 1400 g/mol. The zero-order valence-corrected chi connectivity index (χ0v) is 57.8. The molecule has 3 aliphatic rings. The summed E-state index contributed by atoms with van der Waals surface area (Å²) in [6.07, 6.45) is 5.73. The van der Waals surface area contributed by atoms with Crippen molar-refractivity contribution in [3.63, 3.8) is 0 Å². The summed E-state index contributed by atoms with van der Waals surface area (Å²) in [6.45, 7) is 13.2. The highest BCUT2D eigenvalue weighted by molar-refractivity contribution is 7.22. The number of carbonyl (C=O) groups is 4. The molecule has 2 amide bonds. The number of amides is 2. The highest BCUT2D eigenvalue weighted by Crippen LogP contribution is 2.37. The standard InChI is InChI=1S/C41H42FN5O5S2.C33H31FN4O4S2/c1-26(2)52-29-17-20-46(21-18-29)19-6-8-27-14-15-34(32(42)24-27)51-23-7-13-36-37(39(49)50)44-41(54-36)47-22-16-28-9-5-10-30(31(28)25-47)38(48)45-40-43-33-11-3-4-12-35(33)53-40;1-19(2)21-12-13-26(24(34)17-21)42-16-6-11-28-29(31(40)41)36-33(44-28)38-15-14-20-7-5-8-22(23(20)18-38)30(39)37-32-35-25-9-3-4-10-27(25)43-32/h3-5,9-12,14-15,24,26,29H,7,13,16-23,25H2,1-2H3,(H,49,50)(H,43,45,48);3-5,7-10,12-13,17,19H,6,11,14-16,18H2,1-2H3,(H,40,41)(H,35,37,39). The van der Waals surface area contributed by atoms with Crippen molar-refractivity contribution in [3.05, 3.63) is 199 Å². The lowest BCUT2D eigenvalue weighted by atomic mass is 9.94. The average molecular weight is 1400 g/mol. The van der Waals surface area contributed by atoms with Gasteiger partial charge in [-0.05, 0) is 166 Å². The molecule has 13 rings (SSSR count). The first-order valence-corrected chi connectivity index (χ1v) is 36.0. The van der Waals surface area contributed by atoms with Gasteiger partial charge in [0.05, 0.1) is 52.4 Å². The number of halogens is 2. The van der Waals surface area contributed by atoms with Gasteiger partial charge >= 0.3 is 11.9 Å². The molecule has 10 aromatic rings. The van der Waals surface area contributed by atoms with E-state index in [-0.39, 0.29) is 59.9 Å². The van der Waals surface area contributed by atoms with Crippen LogP contribution in [-0.4, -0.2) is 117 Å². The van der Waals surface area contributed by atoms with Gasteiger partial charge in [-0.1, -0.05) is 103 Å². The van der Waals surface area contributed by atoms with Crippen LogP contribution in [0.2, 0.25) is 0 Å². The molecule has 1 saturated heterocycles. The van der Waals surface area contributed by atoms with Crippen LogP contribution in [0, 0.1) is 23.5 Å². The number of hydrogen-bond donors (Lipinski definition) is 4. The van der Waals surface area contributed by atoms with Crippen molar-refractivity contribution in [3.8, 4) is 23.3 Å². The second kappa shape index (κ2) is 31.5. The van der Waals surface area contributed by atoms with Gasteiger partial charge in [-0.15, -0.1) is 22.7 Å². The van der Waals surface area contributed by atoms with Gasteiger partial charge in [0.2, 0.25) is 0 Å². The van der Waals surface area contributed by atoms with Gasteiger partial charge in [-0.2, -0.15) is 0 Å². The number of aromatic nitrogens is 4. The molecule has 6 aromatic carbocycles. The van der Waals surface area contributed by atoms with E-state index in [2.05, 4.69) is 61.2 Å². The predicted molar refractivity (Wildman–Crippen MR) is 383 cm³/mol. The van der Waals surface area contributed by atoms with Crippen LogP contribution in [0.1, 0.15) is 144 Å². The normalized spacial score (nSPS) is 14.0. The van der Waals surface area contributed by atoms with Crippen LogP contribution in [0.5, 0.6) is 11.5 Å². The fourth-order valence-corrected chi connectivity index (χ4v) is 16.0. The number of hydrogen-bond acceptors (Lipinski definition) is 18. The molecule has 0 atom stereocenters. The van der Waals surface area contributed by atoms with Crippen LogP contribution < -0.4 is 29.9 Å². The molecule has 0 spiro atoms. The van der Waals surface area contributed by atoms with E-state index in [4.69, 9.17) is 14.2 Å². The summed E-state index contributed by atoms with van der Waals surface area (Å²) in [5, 5.41) is 28.0. The Balaban J connectivity index is 0.000000190. The van der Waals surface area contributed by atoms with Crippen LogP contribution in [0.25, 0.3) is 20.4 Å². The van der Waals surface area contributed by atoms with Crippen LogP contribution in [0.3, 0.4) is 0 Å². The van der Waals surface area contributed by atoms with Crippen molar-refractivity contribution in [1.29, 1.82) is 0 Å². The zero-order chi connectivity index (χ0) is 68.4. The van der Waals surface area contributed by atoms with Crippen LogP contribution in [0.15, 0.2) is 121 Å². The molecule has 18 nitrogen and oxygen atoms in total. The number of aromatic carboxylic acids is 2. The smallest absolute Gasteiger partial charge is 0.355 e. The molecule has 0 unspecified atom stereocenters. The highest BCUT2D eigenvalue weighted by Gasteiger charge is 2.30. The summed E-state index contributed by atoms with van der Waals surface area (Å²) in [6, 6.07) is 36.6. The van der Waals surface area contributed by atoms with Crippen molar-refractivity contribution in [2.45, 2.75) is 110 Å². The van der Waals surface area contributed by atoms with Crippen LogP contribution >= 0.6 is 45.3 Å². The fraction of sp³-hybridized carbons (Fsp3) is 0.324. The summed E-state index contributed by atoms with van der Waals surface area (Å²) in [5.74, 6) is 3.20. The molecule has 4 aromatic heterocycles. The maximum atomic E-state index is 14.9. The van der Waals surface area contributed by atoms with Gasteiger partial charge < -0.3 is 34.2 Å². The maximum absolute atomic E-state index is 14.9. The Morgan fingerprint density at radius 2 is 1.10 bits per heavy atom. The van der Waals surface area contributed by atoms with Crippen molar-refractivity contribution >= 4 is 110 Å². The molecule has 1 fully saturated rings. The van der Waals surface area contributed by atoms with Crippen molar-refractivity contribution in [2.75, 3.05) is 66.4 Å². The molecule has 506 valence electrons. The number of thiazole rings is 4. The number of aryl methyl sites for hydroxylation is 2. The van der Waals surface area contributed by atoms with Crippen molar-refractivity contribution < 1.29 is 52.4 Å². The molecule has 7 heterocycles. The van der Waals surface area contributed by atoms with Gasteiger partial charge in [0, 0.05) is 65.7 Å². The summed E-state index contributed by atoms with van der Waals surface area (Å²) in [4.78, 5) is 76.8. The Kier molecular flexibility index (Phi) is 22.1. The quantitative estimate of drug-likeness (QED) is 0.0366. The Labute approximate surface area is 582 Å². The van der Waals surface area contributed by atoms with Gasteiger partial charge in [0.25, 0.3) is 11.8 Å². The lowest BCUT2D eigenvalue weighted by Gasteiger charge is -2.31. The highest BCUT2D eigenvalue weighted by atomic mass is 32.1. The molecule has 0 aliphatic carbocycles. The summed E-state index contributed by atoms with van der Waals surface area (Å²) < 4.78 is 48.7. The van der Waals surface area contributed by atoms with Gasteiger partial charge in [-0.25, -0.2) is 38.3 Å². The summed E-state index contributed by atoms with van der Waals surface area (Å²) in [7, 11) is 0. The Morgan fingerprint density at radius 3 is 1.57 bits per heavy atom.